The molecule has 1 fully saturated rings. The van der Waals surface area contributed by atoms with Gasteiger partial charge in [0.15, 0.2) is 5.78 Å². The molecule has 7 heteroatoms. The zero-order valence-electron chi connectivity index (χ0n) is 15.9. The van der Waals surface area contributed by atoms with Crippen molar-refractivity contribution >= 4 is 23.6 Å². The van der Waals surface area contributed by atoms with Crippen molar-refractivity contribution in [3.63, 3.8) is 0 Å². The molecule has 0 aromatic heterocycles. The Bertz CT molecular complexity index is 1020. The van der Waals surface area contributed by atoms with E-state index in [1.54, 1.807) is 0 Å². The van der Waals surface area contributed by atoms with E-state index >= 15 is 0 Å². The second-order valence-corrected chi connectivity index (χ2v) is 7.25. The summed E-state index contributed by atoms with van der Waals surface area (Å²) in [5, 5.41) is 0. The number of benzene rings is 2. The molecule has 0 spiro atoms. The van der Waals surface area contributed by atoms with Crippen LogP contribution in [0.2, 0.25) is 0 Å². The van der Waals surface area contributed by atoms with Crippen LogP contribution >= 0.6 is 0 Å². The summed E-state index contributed by atoms with van der Waals surface area (Å²) in [6.45, 7) is -0.444. The molecule has 2 aliphatic rings. The molecule has 2 aromatic carbocycles. The smallest absolute Gasteiger partial charge is 0.331 e. The Morgan fingerprint density at radius 3 is 1.90 bits per heavy atom. The van der Waals surface area contributed by atoms with Crippen LogP contribution in [0.5, 0.6) is 5.75 Å². The minimum absolute atomic E-state index is 0.189. The fourth-order valence-corrected chi connectivity index (χ4v) is 3.76. The molecule has 1 aliphatic carbocycles. The van der Waals surface area contributed by atoms with Crippen LogP contribution in [0.4, 0.5) is 4.39 Å². The number of carbonyl (C=O) groups excluding carboxylic acids is 4. The first-order chi connectivity index (χ1) is 14.4. The van der Waals surface area contributed by atoms with E-state index in [4.69, 9.17) is 4.74 Å². The largest absolute Gasteiger partial charge is 0.425 e. The lowest BCUT2D eigenvalue weighted by Gasteiger charge is -2.14. The van der Waals surface area contributed by atoms with Gasteiger partial charge in [0.05, 0.1) is 11.8 Å². The number of esters is 1. The number of carbonyl (C=O) groups is 4. The average Bonchev–Trinajstić information content (AvgIpc) is 2.99. The zero-order chi connectivity index (χ0) is 21.3. The van der Waals surface area contributed by atoms with E-state index in [0.29, 0.717) is 24.0 Å². The van der Waals surface area contributed by atoms with E-state index < -0.39 is 30.2 Å². The van der Waals surface area contributed by atoms with Crippen molar-refractivity contribution in [3.8, 4) is 5.75 Å². The first-order valence-corrected chi connectivity index (χ1v) is 9.55. The summed E-state index contributed by atoms with van der Waals surface area (Å²) in [6.07, 6.45) is 4.76. The first-order valence-electron chi connectivity index (χ1n) is 9.55. The molecule has 2 aromatic rings. The summed E-state index contributed by atoms with van der Waals surface area (Å²) in [7, 11) is 0. The Morgan fingerprint density at radius 1 is 0.867 bits per heavy atom. The van der Waals surface area contributed by atoms with Crippen molar-refractivity contribution in [1.29, 1.82) is 0 Å². The number of hydrogen-bond acceptors (Lipinski definition) is 5. The SMILES string of the molecule is O=C(CN1C(=O)[C@H]2CC=CC[C@@H]2C1=O)Oc1ccc(C(=O)c2ccc(F)cc2)cc1. The van der Waals surface area contributed by atoms with Gasteiger partial charge in [-0.15, -0.1) is 0 Å². The van der Waals surface area contributed by atoms with Crippen molar-refractivity contribution in [3.05, 3.63) is 77.6 Å². The van der Waals surface area contributed by atoms with Gasteiger partial charge >= 0.3 is 5.97 Å². The molecule has 1 heterocycles. The highest BCUT2D eigenvalue weighted by molar-refractivity contribution is 6.09. The molecule has 2 amide bonds. The third-order valence-corrected chi connectivity index (χ3v) is 5.34. The minimum Gasteiger partial charge on any atom is -0.425 e. The third-order valence-electron chi connectivity index (χ3n) is 5.34. The molecule has 6 nitrogen and oxygen atoms in total. The highest BCUT2D eigenvalue weighted by Gasteiger charge is 2.47. The number of ether oxygens (including phenoxy) is 1. The number of imide groups is 1. The molecule has 1 aliphatic heterocycles. The van der Waals surface area contributed by atoms with Gasteiger partial charge in [0, 0.05) is 11.1 Å². The third kappa shape index (κ3) is 3.78. The predicted octanol–water partition coefficient (Wildman–Crippen LogP) is 2.91. The van der Waals surface area contributed by atoms with Crippen molar-refractivity contribution in [2.24, 2.45) is 11.8 Å². The van der Waals surface area contributed by atoms with Crippen LogP contribution in [0.15, 0.2) is 60.7 Å². The molecule has 0 N–H and O–H groups in total. The maximum atomic E-state index is 13.0. The van der Waals surface area contributed by atoms with Crippen LogP contribution < -0.4 is 4.74 Å². The lowest BCUT2D eigenvalue weighted by atomic mass is 9.85. The zero-order valence-corrected chi connectivity index (χ0v) is 15.9. The molecule has 2 atom stereocenters. The van der Waals surface area contributed by atoms with Gasteiger partial charge in [-0.3, -0.25) is 19.3 Å². The van der Waals surface area contributed by atoms with Crippen LogP contribution in [0.1, 0.15) is 28.8 Å². The number of amides is 2. The van der Waals surface area contributed by atoms with Crippen LogP contribution in [-0.4, -0.2) is 35.0 Å². The van der Waals surface area contributed by atoms with E-state index in [2.05, 4.69) is 0 Å². The molecular formula is C23H18FNO5. The highest BCUT2D eigenvalue weighted by Crippen LogP contribution is 2.34. The Labute approximate surface area is 171 Å². The number of allylic oxidation sites excluding steroid dienone is 2. The summed E-state index contributed by atoms with van der Waals surface area (Å²) >= 11 is 0. The van der Waals surface area contributed by atoms with Gasteiger partial charge in [0.25, 0.3) is 0 Å². The number of rotatable bonds is 5. The quantitative estimate of drug-likeness (QED) is 0.250. The van der Waals surface area contributed by atoms with Crippen LogP contribution in [0.25, 0.3) is 0 Å². The number of halogens is 1. The highest BCUT2D eigenvalue weighted by atomic mass is 19.1. The fraction of sp³-hybridized carbons (Fsp3) is 0.217. The summed E-state index contributed by atoms with van der Waals surface area (Å²) in [4.78, 5) is 50.5. The number of ketones is 1. The standard InChI is InChI=1S/C23H18FNO5/c24-16-9-5-14(6-10-16)21(27)15-7-11-17(12-8-15)30-20(26)13-25-22(28)18-3-1-2-4-19(18)23(25)29/h1-2,5-12,18-19H,3-4,13H2/t18-,19-/m0/s1. The topological polar surface area (TPSA) is 80.8 Å². The van der Waals surface area contributed by atoms with Crippen molar-refractivity contribution < 1.29 is 28.3 Å². The summed E-state index contributed by atoms with van der Waals surface area (Å²) in [6, 6.07) is 11.1. The van der Waals surface area contributed by atoms with Gasteiger partial charge < -0.3 is 4.74 Å². The van der Waals surface area contributed by atoms with Gasteiger partial charge in [-0.1, -0.05) is 12.2 Å². The molecule has 4 rings (SSSR count). The number of fused-ring (bicyclic) bond motifs is 1. The summed E-state index contributed by atoms with van der Waals surface area (Å²) < 4.78 is 18.2. The second-order valence-electron chi connectivity index (χ2n) is 7.25. The van der Waals surface area contributed by atoms with E-state index in [0.717, 1.165) is 4.90 Å². The Balaban J connectivity index is 1.38. The van der Waals surface area contributed by atoms with Crippen LogP contribution in [0.3, 0.4) is 0 Å². The molecule has 30 heavy (non-hydrogen) atoms. The van der Waals surface area contributed by atoms with Gasteiger partial charge in [-0.05, 0) is 61.4 Å². The predicted molar refractivity (Wildman–Crippen MR) is 104 cm³/mol. The van der Waals surface area contributed by atoms with Crippen LogP contribution in [-0.2, 0) is 14.4 Å². The minimum atomic E-state index is -0.735. The molecule has 0 unspecified atom stereocenters. The van der Waals surface area contributed by atoms with Gasteiger partial charge in [0.1, 0.15) is 18.1 Å². The number of likely N-dealkylation sites (tertiary alicyclic amines) is 1. The van der Waals surface area contributed by atoms with Crippen molar-refractivity contribution in [2.75, 3.05) is 6.54 Å². The van der Waals surface area contributed by atoms with Crippen molar-refractivity contribution in [2.45, 2.75) is 12.8 Å². The molecule has 0 bridgehead atoms. The maximum absolute atomic E-state index is 13.0. The van der Waals surface area contributed by atoms with Crippen LogP contribution in [0, 0.1) is 17.7 Å². The molecular weight excluding hydrogens is 389 g/mol. The number of nitrogens with zero attached hydrogens (tertiary/aromatic N) is 1. The average molecular weight is 407 g/mol. The molecule has 1 saturated heterocycles. The van der Waals surface area contributed by atoms with Gasteiger partial charge in [0.2, 0.25) is 11.8 Å². The first kappa shape index (κ1) is 19.7. The van der Waals surface area contributed by atoms with E-state index in [1.165, 1.54) is 48.5 Å². The second kappa shape index (κ2) is 8.02. The number of hydrogen-bond donors (Lipinski definition) is 0. The monoisotopic (exact) mass is 407 g/mol. The van der Waals surface area contributed by atoms with Gasteiger partial charge in [-0.25, -0.2) is 9.18 Å². The molecule has 0 radical (unpaired) electrons. The normalized spacial score (nSPS) is 20.2. The van der Waals surface area contributed by atoms with E-state index in [9.17, 15) is 23.6 Å². The van der Waals surface area contributed by atoms with E-state index in [1.807, 2.05) is 12.2 Å². The van der Waals surface area contributed by atoms with E-state index in [-0.39, 0.29) is 23.3 Å². The molecule has 152 valence electrons. The molecule has 0 saturated carbocycles. The summed E-state index contributed by atoms with van der Waals surface area (Å²) in [5.41, 5.74) is 0.686. The maximum Gasteiger partial charge on any atom is 0.331 e. The Kier molecular flexibility index (Phi) is 5.27. The summed E-state index contributed by atoms with van der Waals surface area (Å²) in [5.74, 6) is -2.75. The Hall–Kier alpha value is -3.61. The lowest BCUT2D eigenvalue weighted by Crippen LogP contribution is -2.37. The lowest BCUT2D eigenvalue weighted by molar-refractivity contribution is -0.148. The Morgan fingerprint density at radius 2 is 1.37 bits per heavy atom. The van der Waals surface area contributed by atoms with Gasteiger partial charge in [-0.2, -0.15) is 0 Å². The van der Waals surface area contributed by atoms with Crippen molar-refractivity contribution in [1.82, 2.24) is 4.90 Å². The fourth-order valence-electron chi connectivity index (χ4n) is 3.76.